The molecule has 1 saturated heterocycles. The number of likely N-dealkylation sites (tertiary alicyclic amines) is 1. The van der Waals surface area contributed by atoms with Gasteiger partial charge in [0, 0.05) is 5.92 Å². The minimum atomic E-state index is -0.0241. The molecule has 1 aliphatic heterocycles. The third-order valence-electron chi connectivity index (χ3n) is 4.41. The summed E-state index contributed by atoms with van der Waals surface area (Å²) in [5, 5.41) is 9.56. The van der Waals surface area contributed by atoms with Gasteiger partial charge in [0.1, 0.15) is 11.8 Å². The van der Waals surface area contributed by atoms with Crippen LogP contribution in [0.25, 0.3) is 0 Å². The summed E-state index contributed by atoms with van der Waals surface area (Å²) in [5.74, 6) is 1.15. The molecule has 0 bridgehead atoms. The maximum Gasteiger partial charge on any atom is 0.122 e. The summed E-state index contributed by atoms with van der Waals surface area (Å²) < 4.78 is 5.37. The van der Waals surface area contributed by atoms with Gasteiger partial charge in [0.05, 0.1) is 13.2 Å². The van der Waals surface area contributed by atoms with Crippen molar-refractivity contribution in [1.29, 1.82) is 5.26 Å². The van der Waals surface area contributed by atoms with E-state index in [9.17, 15) is 5.26 Å². The molecule has 1 fully saturated rings. The average Bonchev–Trinajstić information content (AvgIpc) is 2.95. The lowest BCUT2D eigenvalue weighted by molar-refractivity contribution is 0.263. The van der Waals surface area contributed by atoms with Crippen LogP contribution in [0, 0.1) is 25.2 Å². The molecule has 1 aromatic rings. The van der Waals surface area contributed by atoms with Crippen molar-refractivity contribution in [3.05, 3.63) is 28.8 Å². The Kier molecular flexibility index (Phi) is 4.67. The molecule has 0 N–H and O–H groups in total. The van der Waals surface area contributed by atoms with Crippen molar-refractivity contribution in [3.8, 4) is 11.8 Å². The monoisotopic (exact) mass is 272 g/mol. The summed E-state index contributed by atoms with van der Waals surface area (Å²) in [6.45, 7) is 8.44. The lowest BCUT2D eigenvalue weighted by Gasteiger charge is -2.28. The zero-order chi connectivity index (χ0) is 14.7. The smallest absolute Gasteiger partial charge is 0.122 e. The molecule has 1 aromatic carbocycles. The highest BCUT2D eigenvalue weighted by Crippen LogP contribution is 2.31. The van der Waals surface area contributed by atoms with Crippen LogP contribution in [0.5, 0.6) is 5.75 Å². The van der Waals surface area contributed by atoms with Crippen LogP contribution in [0.3, 0.4) is 0 Å². The van der Waals surface area contributed by atoms with Gasteiger partial charge in [-0.2, -0.15) is 5.26 Å². The second-order valence-electron chi connectivity index (χ2n) is 5.78. The second-order valence-corrected chi connectivity index (χ2v) is 5.78. The predicted octanol–water partition coefficient (Wildman–Crippen LogP) is 3.40. The average molecular weight is 272 g/mol. The minimum Gasteiger partial charge on any atom is -0.496 e. The van der Waals surface area contributed by atoms with Crippen molar-refractivity contribution in [2.75, 3.05) is 20.2 Å². The van der Waals surface area contributed by atoms with Crippen LogP contribution < -0.4 is 4.74 Å². The van der Waals surface area contributed by atoms with Crippen molar-refractivity contribution < 1.29 is 4.74 Å². The van der Waals surface area contributed by atoms with Gasteiger partial charge in [-0.15, -0.1) is 0 Å². The zero-order valence-corrected chi connectivity index (χ0v) is 12.9. The molecule has 2 atom stereocenters. The highest BCUT2D eigenvalue weighted by molar-refractivity contribution is 5.43. The quantitative estimate of drug-likeness (QED) is 0.842. The van der Waals surface area contributed by atoms with Crippen molar-refractivity contribution in [2.24, 2.45) is 0 Å². The molecular formula is C17H24N2O. The van der Waals surface area contributed by atoms with E-state index in [-0.39, 0.29) is 12.0 Å². The molecule has 0 amide bonds. The lowest BCUT2D eigenvalue weighted by atomic mass is 9.88. The van der Waals surface area contributed by atoms with Gasteiger partial charge in [0.15, 0.2) is 0 Å². The Morgan fingerprint density at radius 1 is 1.20 bits per heavy atom. The first-order chi connectivity index (χ1) is 9.58. The molecule has 20 heavy (non-hydrogen) atoms. The first-order valence-electron chi connectivity index (χ1n) is 7.37. The molecule has 1 aliphatic rings. The van der Waals surface area contributed by atoms with Crippen LogP contribution in [-0.4, -0.2) is 31.1 Å². The largest absolute Gasteiger partial charge is 0.496 e. The van der Waals surface area contributed by atoms with Crippen molar-refractivity contribution in [1.82, 2.24) is 4.90 Å². The molecule has 3 heteroatoms. The predicted molar refractivity (Wildman–Crippen MR) is 81.1 cm³/mol. The zero-order valence-electron chi connectivity index (χ0n) is 12.9. The maximum atomic E-state index is 9.56. The van der Waals surface area contributed by atoms with E-state index in [4.69, 9.17) is 4.74 Å². The lowest BCUT2D eigenvalue weighted by Crippen LogP contribution is -2.35. The fraction of sp³-hybridized carbons (Fsp3) is 0.588. The summed E-state index contributed by atoms with van der Waals surface area (Å²) in [6, 6.07) is 6.75. The first kappa shape index (κ1) is 14.9. The van der Waals surface area contributed by atoms with E-state index < -0.39 is 0 Å². The SMILES string of the molecule is COc1cc(C)c(C(C)C(C#N)N2CCCC2)cc1C. The fourth-order valence-corrected chi connectivity index (χ4v) is 3.22. The van der Waals surface area contributed by atoms with Crippen LogP contribution in [-0.2, 0) is 0 Å². The number of nitrogens with zero attached hydrogens (tertiary/aromatic N) is 2. The molecule has 0 radical (unpaired) electrons. The van der Waals surface area contributed by atoms with Gasteiger partial charge >= 0.3 is 0 Å². The number of rotatable bonds is 4. The van der Waals surface area contributed by atoms with Crippen LogP contribution in [0.1, 0.15) is 42.4 Å². The number of benzene rings is 1. The van der Waals surface area contributed by atoms with Gasteiger partial charge in [-0.1, -0.05) is 13.0 Å². The molecule has 2 rings (SSSR count). The van der Waals surface area contributed by atoms with E-state index in [0.29, 0.717) is 0 Å². The Bertz CT molecular complexity index is 512. The fourth-order valence-electron chi connectivity index (χ4n) is 3.22. The number of ether oxygens (including phenoxy) is 1. The number of methoxy groups -OCH3 is 1. The number of nitriles is 1. The summed E-state index contributed by atoms with van der Waals surface area (Å²) in [4.78, 5) is 2.32. The van der Waals surface area contributed by atoms with Gasteiger partial charge < -0.3 is 4.74 Å². The van der Waals surface area contributed by atoms with E-state index in [0.717, 1.165) is 24.4 Å². The standard InChI is InChI=1S/C17H24N2O/c1-12-10-17(20-4)13(2)9-15(12)14(3)16(11-18)19-7-5-6-8-19/h9-10,14,16H,5-8H2,1-4H3. The maximum absolute atomic E-state index is 9.56. The number of hydrogen-bond acceptors (Lipinski definition) is 3. The van der Waals surface area contributed by atoms with E-state index in [1.54, 1.807) is 7.11 Å². The Labute approximate surface area is 122 Å². The molecule has 0 aliphatic carbocycles. The normalized spacial score (nSPS) is 18.6. The van der Waals surface area contributed by atoms with Crippen LogP contribution >= 0.6 is 0 Å². The van der Waals surface area contributed by atoms with Crippen LogP contribution in [0.15, 0.2) is 12.1 Å². The second kappa shape index (κ2) is 6.28. The Hall–Kier alpha value is -1.53. The van der Waals surface area contributed by atoms with E-state index in [1.165, 1.54) is 24.0 Å². The van der Waals surface area contributed by atoms with Gasteiger partial charge in [0.25, 0.3) is 0 Å². The molecule has 1 heterocycles. The minimum absolute atomic E-state index is 0.0241. The summed E-state index contributed by atoms with van der Waals surface area (Å²) >= 11 is 0. The topological polar surface area (TPSA) is 36.3 Å². The third-order valence-corrected chi connectivity index (χ3v) is 4.41. The van der Waals surface area contributed by atoms with Crippen LogP contribution in [0.4, 0.5) is 0 Å². The highest BCUT2D eigenvalue weighted by Gasteiger charge is 2.28. The van der Waals surface area contributed by atoms with E-state index in [1.807, 2.05) is 0 Å². The van der Waals surface area contributed by atoms with Crippen molar-refractivity contribution in [3.63, 3.8) is 0 Å². The van der Waals surface area contributed by atoms with Gasteiger partial charge in [-0.3, -0.25) is 4.90 Å². The van der Waals surface area contributed by atoms with Crippen LogP contribution in [0.2, 0.25) is 0 Å². The third kappa shape index (κ3) is 2.81. The molecule has 0 aromatic heterocycles. The van der Waals surface area contributed by atoms with E-state index >= 15 is 0 Å². The Morgan fingerprint density at radius 2 is 1.85 bits per heavy atom. The highest BCUT2D eigenvalue weighted by atomic mass is 16.5. The molecule has 3 nitrogen and oxygen atoms in total. The molecule has 2 unspecified atom stereocenters. The molecule has 0 spiro atoms. The summed E-state index contributed by atoms with van der Waals surface area (Å²) in [7, 11) is 1.70. The van der Waals surface area contributed by atoms with Crippen molar-refractivity contribution >= 4 is 0 Å². The number of aryl methyl sites for hydroxylation is 2. The van der Waals surface area contributed by atoms with Gasteiger partial charge in [0.2, 0.25) is 0 Å². The first-order valence-corrected chi connectivity index (χ1v) is 7.37. The molecule has 0 saturated carbocycles. The molecular weight excluding hydrogens is 248 g/mol. The Balaban J connectivity index is 2.29. The summed E-state index contributed by atoms with van der Waals surface area (Å²) in [5.41, 5.74) is 3.61. The number of hydrogen-bond donors (Lipinski definition) is 0. The van der Waals surface area contributed by atoms with Crippen molar-refractivity contribution in [2.45, 2.75) is 45.6 Å². The summed E-state index contributed by atoms with van der Waals surface area (Å²) in [6.07, 6.45) is 2.43. The molecule has 108 valence electrons. The Morgan fingerprint density at radius 3 is 2.40 bits per heavy atom. The van der Waals surface area contributed by atoms with Gasteiger partial charge in [-0.25, -0.2) is 0 Å². The van der Waals surface area contributed by atoms with Gasteiger partial charge in [-0.05, 0) is 62.5 Å². The van der Waals surface area contributed by atoms with E-state index in [2.05, 4.69) is 43.9 Å².